The van der Waals surface area contributed by atoms with Crippen LogP contribution in [0.25, 0.3) is 0 Å². The molecule has 20 heavy (non-hydrogen) atoms. The van der Waals surface area contributed by atoms with Gasteiger partial charge in [-0.2, -0.15) is 9.78 Å². The third kappa shape index (κ3) is 2.14. The molecule has 7 heteroatoms. The molecule has 0 bridgehead atoms. The monoisotopic (exact) mass is 290 g/mol. The van der Waals surface area contributed by atoms with Crippen LogP contribution in [0.3, 0.4) is 0 Å². The van der Waals surface area contributed by atoms with E-state index in [2.05, 4.69) is 15.3 Å². The molecular formula is C13H14N4O2S. The second-order valence-electron chi connectivity index (χ2n) is 4.25. The van der Waals surface area contributed by atoms with E-state index in [1.165, 1.54) is 0 Å². The van der Waals surface area contributed by atoms with E-state index in [9.17, 15) is 0 Å². The first-order valence-corrected chi connectivity index (χ1v) is 7.06. The third-order valence-corrected chi connectivity index (χ3v) is 3.97. The lowest BCUT2D eigenvalue weighted by atomic mass is 10.1. The highest BCUT2D eigenvalue weighted by Gasteiger charge is 2.18. The van der Waals surface area contributed by atoms with Crippen molar-refractivity contribution in [2.24, 2.45) is 5.10 Å². The Morgan fingerprint density at radius 1 is 1.15 bits per heavy atom. The highest BCUT2D eigenvalue weighted by Crippen LogP contribution is 2.30. The van der Waals surface area contributed by atoms with E-state index in [0.29, 0.717) is 11.5 Å². The molecule has 0 N–H and O–H groups in total. The van der Waals surface area contributed by atoms with Crippen LogP contribution in [0, 0.1) is 6.92 Å². The molecular weight excluding hydrogens is 276 g/mol. The number of hydrogen-bond donors (Lipinski definition) is 0. The number of ether oxygens (including phenoxy) is 2. The van der Waals surface area contributed by atoms with Gasteiger partial charge in [0.15, 0.2) is 17.3 Å². The first-order chi connectivity index (χ1) is 9.72. The zero-order valence-electron chi connectivity index (χ0n) is 11.5. The highest BCUT2D eigenvalue weighted by molar-refractivity contribution is 7.99. The Labute approximate surface area is 120 Å². The van der Waals surface area contributed by atoms with Gasteiger partial charge in [0, 0.05) is 11.3 Å². The van der Waals surface area contributed by atoms with E-state index in [-0.39, 0.29) is 0 Å². The van der Waals surface area contributed by atoms with E-state index < -0.39 is 0 Å². The molecule has 1 aromatic heterocycles. The van der Waals surface area contributed by atoms with Crippen molar-refractivity contribution in [1.29, 1.82) is 0 Å². The quantitative estimate of drug-likeness (QED) is 0.864. The molecule has 3 rings (SSSR count). The van der Waals surface area contributed by atoms with Gasteiger partial charge in [0.25, 0.3) is 0 Å². The summed E-state index contributed by atoms with van der Waals surface area (Å²) in [7, 11) is 3.25. The lowest BCUT2D eigenvalue weighted by Gasteiger charge is -2.14. The summed E-state index contributed by atoms with van der Waals surface area (Å²) in [6, 6.07) is 5.80. The number of nitrogens with zero attached hydrogens (tertiary/aromatic N) is 4. The number of rotatable bonds is 3. The summed E-state index contributed by atoms with van der Waals surface area (Å²) in [4.78, 5) is 0. The Hall–Kier alpha value is -2.02. The fourth-order valence-corrected chi connectivity index (χ4v) is 2.87. The van der Waals surface area contributed by atoms with Crippen molar-refractivity contribution in [2.75, 3.05) is 20.0 Å². The van der Waals surface area contributed by atoms with Crippen LogP contribution < -0.4 is 9.47 Å². The SMILES string of the molecule is COc1ccc(C2=Nn3c(C)nnc3SC2)cc1OC. The maximum Gasteiger partial charge on any atom is 0.212 e. The van der Waals surface area contributed by atoms with Crippen molar-refractivity contribution in [1.82, 2.24) is 14.9 Å². The topological polar surface area (TPSA) is 61.5 Å². The zero-order valence-corrected chi connectivity index (χ0v) is 12.3. The van der Waals surface area contributed by atoms with Crippen LogP contribution in [-0.4, -0.2) is 40.6 Å². The maximum atomic E-state index is 5.33. The predicted octanol–water partition coefficient (Wildman–Crippen LogP) is 1.96. The van der Waals surface area contributed by atoms with Crippen molar-refractivity contribution in [3.05, 3.63) is 29.6 Å². The zero-order chi connectivity index (χ0) is 14.1. The summed E-state index contributed by atoms with van der Waals surface area (Å²) >= 11 is 1.62. The summed E-state index contributed by atoms with van der Waals surface area (Å²) < 4.78 is 12.3. The average Bonchev–Trinajstić information content (AvgIpc) is 2.87. The smallest absolute Gasteiger partial charge is 0.212 e. The highest BCUT2D eigenvalue weighted by atomic mass is 32.2. The van der Waals surface area contributed by atoms with Crippen molar-refractivity contribution in [3.8, 4) is 11.5 Å². The van der Waals surface area contributed by atoms with Crippen LogP contribution in [0.5, 0.6) is 11.5 Å². The van der Waals surface area contributed by atoms with Gasteiger partial charge in [0.2, 0.25) is 5.16 Å². The number of aryl methyl sites for hydroxylation is 1. The van der Waals surface area contributed by atoms with Crippen LogP contribution in [0.15, 0.2) is 28.5 Å². The van der Waals surface area contributed by atoms with Gasteiger partial charge in [0.05, 0.1) is 19.9 Å². The molecule has 0 aliphatic carbocycles. The van der Waals surface area contributed by atoms with Gasteiger partial charge in [-0.05, 0) is 25.1 Å². The minimum Gasteiger partial charge on any atom is -0.493 e. The van der Waals surface area contributed by atoms with Gasteiger partial charge in [-0.3, -0.25) is 0 Å². The van der Waals surface area contributed by atoms with Gasteiger partial charge >= 0.3 is 0 Å². The van der Waals surface area contributed by atoms with E-state index >= 15 is 0 Å². The summed E-state index contributed by atoms with van der Waals surface area (Å²) in [6.07, 6.45) is 0. The van der Waals surface area contributed by atoms with E-state index in [4.69, 9.17) is 9.47 Å². The molecule has 0 spiro atoms. The Morgan fingerprint density at radius 3 is 2.70 bits per heavy atom. The van der Waals surface area contributed by atoms with Crippen molar-refractivity contribution >= 4 is 17.5 Å². The number of hydrogen-bond acceptors (Lipinski definition) is 6. The molecule has 6 nitrogen and oxygen atoms in total. The fourth-order valence-electron chi connectivity index (χ4n) is 1.98. The Kier molecular flexibility index (Phi) is 3.35. The number of benzene rings is 1. The molecule has 0 saturated carbocycles. The third-order valence-electron chi connectivity index (χ3n) is 3.04. The molecule has 104 valence electrons. The van der Waals surface area contributed by atoms with Crippen molar-refractivity contribution in [3.63, 3.8) is 0 Å². The number of methoxy groups -OCH3 is 2. The van der Waals surface area contributed by atoms with E-state index in [0.717, 1.165) is 28.0 Å². The van der Waals surface area contributed by atoms with Crippen molar-refractivity contribution < 1.29 is 9.47 Å². The Balaban J connectivity index is 2.02. The number of aromatic nitrogens is 3. The average molecular weight is 290 g/mol. The minimum absolute atomic E-state index is 0.698. The first kappa shape index (κ1) is 13.0. The van der Waals surface area contributed by atoms with Crippen molar-refractivity contribution in [2.45, 2.75) is 12.1 Å². The largest absolute Gasteiger partial charge is 0.493 e. The summed E-state index contributed by atoms with van der Waals surface area (Å²) in [5.74, 6) is 2.95. The summed E-state index contributed by atoms with van der Waals surface area (Å²) in [5.41, 5.74) is 1.97. The van der Waals surface area contributed by atoms with Gasteiger partial charge in [-0.25, -0.2) is 0 Å². The lowest BCUT2D eigenvalue weighted by molar-refractivity contribution is 0.355. The van der Waals surface area contributed by atoms with E-state index in [1.807, 2.05) is 25.1 Å². The first-order valence-electron chi connectivity index (χ1n) is 6.08. The van der Waals surface area contributed by atoms with Crippen LogP contribution >= 0.6 is 11.8 Å². The minimum atomic E-state index is 0.698. The van der Waals surface area contributed by atoms with Crippen LogP contribution in [-0.2, 0) is 0 Å². The predicted molar refractivity (Wildman–Crippen MR) is 77.0 cm³/mol. The van der Waals surface area contributed by atoms with Crippen LogP contribution in [0.4, 0.5) is 0 Å². The van der Waals surface area contributed by atoms with Crippen LogP contribution in [0.1, 0.15) is 11.4 Å². The molecule has 1 aliphatic heterocycles. The molecule has 0 atom stereocenters. The van der Waals surface area contributed by atoms with Gasteiger partial charge in [0.1, 0.15) is 0 Å². The fraction of sp³-hybridized carbons (Fsp3) is 0.308. The molecule has 0 radical (unpaired) electrons. The van der Waals surface area contributed by atoms with Gasteiger partial charge in [-0.15, -0.1) is 10.2 Å². The second-order valence-corrected chi connectivity index (χ2v) is 5.19. The molecule has 0 amide bonds. The second kappa shape index (κ2) is 5.16. The lowest BCUT2D eigenvalue weighted by Crippen LogP contribution is -2.14. The molecule has 2 aromatic rings. The Morgan fingerprint density at radius 2 is 1.95 bits per heavy atom. The number of fused-ring (bicyclic) bond motifs is 1. The van der Waals surface area contributed by atoms with Gasteiger partial charge < -0.3 is 9.47 Å². The molecule has 1 aromatic carbocycles. The number of thioether (sulfide) groups is 1. The molecule has 1 aliphatic rings. The molecule has 0 unspecified atom stereocenters. The van der Waals surface area contributed by atoms with Crippen LogP contribution in [0.2, 0.25) is 0 Å². The van der Waals surface area contributed by atoms with Gasteiger partial charge in [-0.1, -0.05) is 11.8 Å². The summed E-state index contributed by atoms with van der Waals surface area (Å²) in [6.45, 7) is 1.89. The standard InChI is InChI=1S/C13H14N4O2S/c1-8-14-15-13-17(8)16-10(7-20-13)9-4-5-11(18-2)12(6-9)19-3/h4-6H,7H2,1-3H3. The molecule has 2 heterocycles. The Bertz CT molecular complexity index is 681. The molecule has 0 saturated heterocycles. The van der Waals surface area contributed by atoms with E-state index in [1.54, 1.807) is 30.7 Å². The normalized spacial score (nSPS) is 13.7. The summed E-state index contributed by atoms with van der Waals surface area (Å²) in [5, 5.41) is 13.5. The maximum absolute atomic E-state index is 5.33. The molecule has 0 fully saturated rings.